The Kier molecular flexibility index (Phi) is 7.34. The zero-order valence-corrected chi connectivity index (χ0v) is 18.4. The van der Waals surface area contributed by atoms with Crippen LogP contribution in [0.1, 0.15) is 53.2 Å². The van der Waals surface area contributed by atoms with Crippen molar-refractivity contribution in [3.8, 4) is 11.5 Å². The summed E-state index contributed by atoms with van der Waals surface area (Å²) < 4.78 is 5.95. The number of carbonyl (C=O) groups excluding carboxylic acids is 1. The fourth-order valence-corrected chi connectivity index (χ4v) is 3.46. The number of hydrogen-bond acceptors (Lipinski definition) is 4. The summed E-state index contributed by atoms with van der Waals surface area (Å²) in [6.07, 6.45) is 3.71. The van der Waals surface area contributed by atoms with Crippen LogP contribution in [0, 0.1) is 13.8 Å². The Morgan fingerprint density at radius 3 is 2.61 bits per heavy atom. The number of rotatable bonds is 9. The van der Waals surface area contributed by atoms with Crippen LogP contribution in [-0.4, -0.2) is 29.1 Å². The third-order valence-corrected chi connectivity index (χ3v) is 5.38. The summed E-state index contributed by atoms with van der Waals surface area (Å²) >= 11 is 0. The molecular weight excluding hydrogens is 392 g/mol. The minimum Gasteiger partial charge on any atom is -0.508 e. The second-order valence-corrected chi connectivity index (χ2v) is 7.87. The first-order valence-electron chi connectivity index (χ1n) is 10.8. The number of aromatic hydroxyl groups is 1. The summed E-state index contributed by atoms with van der Waals surface area (Å²) in [5.41, 5.74) is 2.91. The lowest BCUT2D eigenvalue weighted by Crippen LogP contribution is -2.31. The van der Waals surface area contributed by atoms with E-state index in [0.717, 1.165) is 41.3 Å². The first-order chi connectivity index (χ1) is 14.9. The fourth-order valence-electron chi connectivity index (χ4n) is 3.46. The number of hydrogen-bond donors (Lipinski definition) is 3. The molecule has 164 valence electrons. The van der Waals surface area contributed by atoms with Gasteiger partial charge < -0.3 is 20.1 Å². The molecule has 1 heterocycles. The minimum atomic E-state index is -0.443. The molecule has 1 aromatic heterocycles. The van der Waals surface area contributed by atoms with E-state index in [9.17, 15) is 14.7 Å². The van der Waals surface area contributed by atoms with Gasteiger partial charge in [-0.3, -0.25) is 9.59 Å². The Balaban J connectivity index is 1.73. The highest BCUT2D eigenvalue weighted by molar-refractivity contribution is 5.98. The van der Waals surface area contributed by atoms with Gasteiger partial charge in [0.1, 0.15) is 17.1 Å². The highest BCUT2D eigenvalue weighted by atomic mass is 16.5. The first-order valence-corrected chi connectivity index (χ1v) is 10.8. The Bertz CT molecular complexity index is 1130. The lowest BCUT2D eigenvalue weighted by atomic mass is 10.1. The maximum absolute atomic E-state index is 12.6. The topological polar surface area (TPSA) is 91.4 Å². The van der Waals surface area contributed by atoms with Gasteiger partial charge in [0.2, 0.25) is 0 Å². The predicted molar refractivity (Wildman–Crippen MR) is 123 cm³/mol. The number of fused-ring (bicyclic) bond motifs is 1. The van der Waals surface area contributed by atoms with Crippen molar-refractivity contribution in [2.45, 2.75) is 46.5 Å². The largest absolute Gasteiger partial charge is 0.508 e. The van der Waals surface area contributed by atoms with Crippen LogP contribution in [0.4, 0.5) is 0 Å². The van der Waals surface area contributed by atoms with Crippen molar-refractivity contribution in [3.05, 3.63) is 69.0 Å². The van der Waals surface area contributed by atoms with Crippen molar-refractivity contribution in [1.29, 1.82) is 0 Å². The molecule has 0 atom stereocenters. The van der Waals surface area contributed by atoms with Crippen LogP contribution >= 0.6 is 0 Å². The Morgan fingerprint density at radius 1 is 1.10 bits per heavy atom. The maximum Gasteiger partial charge on any atom is 0.261 e. The van der Waals surface area contributed by atoms with E-state index in [4.69, 9.17) is 4.74 Å². The van der Waals surface area contributed by atoms with Crippen LogP contribution in [0.3, 0.4) is 0 Å². The highest BCUT2D eigenvalue weighted by Gasteiger charge is 2.15. The molecule has 2 aromatic carbocycles. The Morgan fingerprint density at radius 2 is 1.87 bits per heavy atom. The number of aryl methyl sites for hydroxylation is 2. The van der Waals surface area contributed by atoms with Gasteiger partial charge in [0, 0.05) is 11.9 Å². The molecule has 1 amide bonds. The molecule has 6 heteroatoms. The van der Waals surface area contributed by atoms with E-state index in [1.807, 2.05) is 38.1 Å². The van der Waals surface area contributed by atoms with Crippen LogP contribution in [0.25, 0.3) is 10.9 Å². The number of carbonyl (C=O) groups is 1. The third kappa shape index (κ3) is 5.45. The van der Waals surface area contributed by atoms with Crippen LogP contribution in [0.2, 0.25) is 0 Å². The van der Waals surface area contributed by atoms with Gasteiger partial charge in [-0.25, -0.2) is 0 Å². The summed E-state index contributed by atoms with van der Waals surface area (Å²) in [5.74, 6) is 0.472. The highest BCUT2D eigenvalue weighted by Crippen LogP contribution is 2.27. The molecule has 0 saturated heterocycles. The number of phenols is 1. The van der Waals surface area contributed by atoms with Crippen LogP contribution in [0.15, 0.2) is 41.2 Å². The van der Waals surface area contributed by atoms with Gasteiger partial charge in [0.05, 0.1) is 12.1 Å². The molecule has 0 aliphatic carbocycles. The number of ether oxygens (including phenoxy) is 1. The van der Waals surface area contributed by atoms with E-state index < -0.39 is 11.5 Å². The summed E-state index contributed by atoms with van der Waals surface area (Å²) in [6.45, 7) is 6.86. The molecular formula is C25H30N2O4. The zero-order valence-electron chi connectivity index (χ0n) is 18.4. The number of aromatic nitrogens is 1. The van der Waals surface area contributed by atoms with E-state index in [1.165, 1.54) is 0 Å². The summed E-state index contributed by atoms with van der Waals surface area (Å²) in [6, 6.07) is 10.9. The molecule has 0 spiro atoms. The van der Waals surface area contributed by atoms with Gasteiger partial charge in [-0.2, -0.15) is 0 Å². The predicted octanol–water partition coefficient (Wildman–Crippen LogP) is 4.39. The van der Waals surface area contributed by atoms with Crippen molar-refractivity contribution in [1.82, 2.24) is 10.3 Å². The summed E-state index contributed by atoms with van der Waals surface area (Å²) in [5, 5.41) is 13.3. The lowest BCUT2D eigenvalue weighted by Gasteiger charge is -2.13. The molecule has 0 aliphatic heterocycles. The smallest absolute Gasteiger partial charge is 0.261 e. The van der Waals surface area contributed by atoms with E-state index in [2.05, 4.69) is 17.2 Å². The van der Waals surface area contributed by atoms with Crippen molar-refractivity contribution in [2.24, 2.45) is 0 Å². The molecule has 0 radical (unpaired) electrons. The molecule has 6 nitrogen and oxygen atoms in total. The second-order valence-electron chi connectivity index (χ2n) is 7.87. The van der Waals surface area contributed by atoms with E-state index >= 15 is 0 Å². The molecule has 3 rings (SSSR count). The van der Waals surface area contributed by atoms with Crippen LogP contribution < -0.4 is 15.6 Å². The van der Waals surface area contributed by atoms with Gasteiger partial charge in [0.25, 0.3) is 11.5 Å². The molecule has 0 bridgehead atoms. The maximum atomic E-state index is 12.6. The fraction of sp³-hybridized carbons (Fsp3) is 0.360. The average Bonchev–Trinajstić information content (AvgIpc) is 2.74. The standard InChI is InChI=1S/C25H30N2O4/c1-4-5-6-13-31-23-17(3)8-10-19-15-20(25(30)27-22(19)23)24(29)26-12-11-18-9-7-16(2)21(28)14-18/h7-10,14-15,28H,4-6,11-13H2,1-3H3,(H,26,29)(H,27,30). The molecule has 0 fully saturated rings. The third-order valence-electron chi connectivity index (χ3n) is 5.38. The number of amides is 1. The number of pyridine rings is 1. The zero-order chi connectivity index (χ0) is 22.4. The second kappa shape index (κ2) is 10.2. The minimum absolute atomic E-state index is 0.0695. The van der Waals surface area contributed by atoms with Gasteiger partial charge >= 0.3 is 0 Å². The monoisotopic (exact) mass is 422 g/mol. The summed E-state index contributed by atoms with van der Waals surface area (Å²) in [4.78, 5) is 28.1. The lowest BCUT2D eigenvalue weighted by molar-refractivity contribution is 0.0953. The van der Waals surface area contributed by atoms with Crippen molar-refractivity contribution in [3.63, 3.8) is 0 Å². The number of phenolic OH excluding ortho intramolecular Hbond substituents is 1. The number of nitrogens with one attached hydrogen (secondary N) is 2. The SMILES string of the molecule is CCCCCOc1c(C)ccc2cc(C(=O)NCCc3ccc(C)c(O)c3)c(=O)[nH]c12. The van der Waals surface area contributed by atoms with Crippen LogP contribution in [0.5, 0.6) is 11.5 Å². The molecule has 3 aromatic rings. The summed E-state index contributed by atoms with van der Waals surface area (Å²) in [7, 11) is 0. The molecule has 3 N–H and O–H groups in total. The van der Waals surface area contributed by atoms with Gasteiger partial charge in [-0.05, 0) is 55.5 Å². The number of aromatic amines is 1. The first kappa shape index (κ1) is 22.4. The average molecular weight is 423 g/mol. The Labute approximate surface area is 182 Å². The van der Waals surface area contributed by atoms with Crippen molar-refractivity contribution < 1.29 is 14.6 Å². The Hall–Kier alpha value is -3.28. The molecule has 0 saturated carbocycles. The number of benzene rings is 2. The number of unbranched alkanes of at least 4 members (excludes halogenated alkanes) is 2. The van der Waals surface area contributed by atoms with Gasteiger partial charge in [0.15, 0.2) is 0 Å². The van der Waals surface area contributed by atoms with Crippen molar-refractivity contribution in [2.75, 3.05) is 13.2 Å². The van der Waals surface area contributed by atoms with E-state index in [-0.39, 0.29) is 11.3 Å². The number of H-pyrrole nitrogens is 1. The molecule has 0 unspecified atom stereocenters. The quantitative estimate of drug-likeness (QED) is 0.446. The normalized spacial score (nSPS) is 10.9. The van der Waals surface area contributed by atoms with E-state index in [1.54, 1.807) is 12.1 Å². The molecule has 0 aliphatic rings. The van der Waals surface area contributed by atoms with Crippen LogP contribution in [-0.2, 0) is 6.42 Å². The van der Waals surface area contributed by atoms with Gasteiger partial charge in [-0.15, -0.1) is 0 Å². The molecule has 31 heavy (non-hydrogen) atoms. The van der Waals surface area contributed by atoms with Crippen molar-refractivity contribution >= 4 is 16.8 Å². The van der Waals surface area contributed by atoms with Gasteiger partial charge in [-0.1, -0.05) is 44.0 Å². The van der Waals surface area contributed by atoms with E-state index in [0.29, 0.717) is 30.8 Å².